The highest BCUT2D eigenvalue weighted by Crippen LogP contribution is 2.12. The zero-order valence-electron chi connectivity index (χ0n) is 8.94. The average molecular weight is 246 g/mol. The van der Waals surface area contributed by atoms with Crippen LogP contribution in [0.5, 0.6) is 0 Å². The lowest BCUT2D eigenvalue weighted by molar-refractivity contribution is -0.389. The van der Waals surface area contributed by atoms with Crippen LogP contribution in [0.15, 0.2) is 12.1 Å². The molecule has 0 aliphatic rings. The summed E-state index contributed by atoms with van der Waals surface area (Å²) in [5.41, 5.74) is 0.187. The molecule has 1 N–H and O–H groups in total. The van der Waals surface area contributed by atoms with Crippen LogP contribution >= 0.6 is 11.6 Å². The number of aromatic amines is 1. The first kappa shape index (κ1) is 12.5. The van der Waals surface area contributed by atoms with Crippen molar-refractivity contribution in [3.05, 3.63) is 27.9 Å². The number of aromatic nitrogens is 1. The molecule has 1 aromatic rings. The predicted octanol–water partition coefficient (Wildman–Crippen LogP) is 1.62. The van der Waals surface area contributed by atoms with Crippen molar-refractivity contribution in [3.8, 4) is 0 Å². The van der Waals surface area contributed by atoms with Gasteiger partial charge in [0, 0.05) is 25.0 Å². The van der Waals surface area contributed by atoms with Crippen molar-refractivity contribution in [2.45, 2.75) is 12.3 Å². The van der Waals surface area contributed by atoms with Crippen molar-refractivity contribution in [3.63, 3.8) is 0 Å². The molecule has 0 saturated heterocycles. The summed E-state index contributed by atoms with van der Waals surface area (Å²) in [4.78, 5) is 25.4. The van der Waals surface area contributed by atoms with Crippen LogP contribution in [0, 0.1) is 10.1 Å². The first-order valence-electron chi connectivity index (χ1n) is 4.64. The molecular weight excluding hydrogens is 234 g/mol. The van der Waals surface area contributed by atoms with Crippen molar-refractivity contribution in [2.75, 3.05) is 13.6 Å². The van der Waals surface area contributed by atoms with E-state index in [4.69, 9.17) is 11.6 Å². The second-order valence-corrected chi connectivity index (χ2v) is 4.23. The van der Waals surface area contributed by atoms with Crippen LogP contribution in [0.2, 0.25) is 0 Å². The number of nitrogens with zero attached hydrogens (tertiary/aromatic N) is 2. The summed E-state index contributed by atoms with van der Waals surface area (Å²) in [7, 11) is 1.59. The van der Waals surface area contributed by atoms with Gasteiger partial charge in [-0.15, -0.1) is 11.6 Å². The number of amides is 1. The largest absolute Gasteiger partial charge is 0.358 e. The summed E-state index contributed by atoms with van der Waals surface area (Å²) >= 11 is 5.75. The minimum atomic E-state index is -0.582. The fraction of sp³-hybridized carbons (Fsp3) is 0.444. The van der Waals surface area contributed by atoms with Crippen molar-refractivity contribution >= 4 is 23.3 Å². The maximum absolute atomic E-state index is 11.7. The molecule has 0 spiro atoms. The summed E-state index contributed by atoms with van der Waals surface area (Å²) in [5, 5.41) is 10.2. The van der Waals surface area contributed by atoms with Crippen LogP contribution in [0.3, 0.4) is 0 Å². The number of nitro groups is 1. The standard InChI is InChI=1S/C9H12ClN3O3/c1-6(10)5-12(2)9(14)7-3-4-8(11-7)13(15)16/h3-4,6,11H,5H2,1-2H3. The number of hydrogen-bond acceptors (Lipinski definition) is 3. The van der Waals surface area contributed by atoms with E-state index in [-0.39, 0.29) is 22.8 Å². The third-order valence-corrected chi connectivity index (χ3v) is 2.11. The first-order valence-corrected chi connectivity index (χ1v) is 5.08. The molecule has 1 rings (SSSR count). The molecule has 1 heterocycles. The summed E-state index contributed by atoms with van der Waals surface area (Å²) in [6, 6.07) is 2.64. The monoisotopic (exact) mass is 245 g/mol. The van der Waals surface area contributed by atoms with Gasteiger partial charge in [-0.25, -0.2) is 4.98 Å². The Morgan fingerprint density at radius 1 is 1.69 bits per heavy atom. The Balaban J connectivity index is 2.76. The molecule has 88 valence electrons. The highest BCUT2D eigenvalue weighted by atomic mass is 35.5. The zero-order valence-corrected chi connectivity index (χ0v) is 9.69. The smallest absolute Gasteiger partial charge is 0.321 e. The summed E-state index contributed by atoms with van der Waals surface area (Å²) in [6.07, 6.45) is 0. The number of carbonyl (C=O) groups excluding carboxylic acids is 1. The Morgan fingerprint density at radius 2 is 2.31 bits per heavy atom. The Bertz CT molecular complexity index is 402. The molecule has 0 saturated carbocycles. The van der Waals surface area contributed by atoms with E-state index in [0.717, 1.165) is 0 Å². The number of H-pyrrole nitrogens is 1. The number of halogens is 1. The molecule has 1 amide bonds. The lowest BCUT2D eigenvalue weighted by atomic mass is 10.3. The van der Waals surface area contributed by atoms with Crippen molar-refractivity contribution in [2.24, 2.45) is 0 Å². The number of alkyl halides is 1. The van der Waals surface area contributed by atoms with E-state index in [1.807, 2.05) is 0 Å². The number of hydrogen-bond donors (Lipinski definition) is 1. The van der Waals surface area contributed by atoms with Crippen LogP contribution in [-0.2, 0) is 0 Å². The van der Waals surface area contributed by atoms with Gasteiger partial charge in [-0.3, -0.25) is 4.79 Å². The molecule has 1 unspecified atom stereocenters. The molecule has 0 radical (unpaired) electrons. The molecule has 6 nitrogen and oxygen atoms in total. The molecule has 0 aromatic carbocycles. The van der Waals surface area contributed by atoms with Crippen LogP contribution in [-0.4, -0.2) is 39.7 Å². The minimum absolute atomic E-state index is 0.168. The highest BCUT2D eigenvalue weighted by Gasteiger charge is 2.19. The van der Waals surface area contributed by atoms with Crippen LogP contribution in [0.25, 0.3) is 0 Å². The highest BCUT2D eigenvalue weighted by molar-refractivity contribution is 6.20. The van der Waals surface area contributed by atoms with E-state index in [1.165, 1.54) is 17.0 Å². The van der Waals surface area contributed by atoms with E-state index in [9.17, 15) is 14.9 Å². The van der Waals surface area contributed by atoms with E-state index in [1.54, 1.807) is 14.0 Å². The minimum Gasteiger partial charge on any atom is -0.358 e. The average Bonchev–Trinajstić information content (AvgIpc) is 2.64. The van der Waals surface area contributed by atoms with Gasteiger partial charge in [0.2, 0.25) is 0 Å². The lowest BCUT2D eigenvalue weighted by Crippen LogP contribution is -2.31. The van der Waals surface area contributed by atoms with Gasteiger partial charge in [-0.05, 0) is 17.9 Å². The number of rotatable bonds is 4. The molecule has 0 aliphatic carbocycles. The van der Waals surface area contributed by atoms with E-state index in [0.29, 0.717) is 6.54 Å². The molecule has 1 atom stereocenters. The molecular formula is C9H12ClN3O3. The first-order chi connectivity index (χ1) is 7.41. The van der Waals surface area contributed by atoms with Crippen molar-refractivity contribution in [1.82, 2.24) is 9.88 Å². The maximum Gasteiger partial charge on any atom is 0.321 e. The van der Waals surface area contributed by atoms with Gasteiger partial charge >= 0.3 is 5.82 Å². The van der Waals surface area contributed by atoms with Gasteiger partial charge in [0.15, 0.2) is 5.69 Å². The van der Waals surface area contributed by atoms with Crippen LogP contribution in [0.4, 0.5) is 5.82 Å². The fourth-order valence-electron chi connectivity index (χ4n) is 1.28. The molecule has 16 heavy (non-hydrogen) atoms. The van der Waals surface area contributed by atoms with E-state index < -0.39 is 4.92 Å². The second-order valence-electron chi connectivity index (χ2n) is 3.48. The summed E-state index contributed by atoms with van der Waals surface area (Å²) in [5.74, 6) is -0.517. The van der Waals surface area contributed by atoms with Crippen LogP contribution < -0.4 is 0 Å². The number of nitrogens with one attached hydrogen (secondary N) is 1. The SMILES string of the molecule is CC(Cl)CN(C)C(=O)c1ccc([N+](=O)[O-])[nH]1. The zero-order chi connectivity index (χ0) is 12.3. The van der Waals surface area contributed by atoms with Gasteiger partial charge in [0.05, 0.1) is 0 Å². The molecule has 7 heteroatoms. The topological polar surface area (TPSA) is 79.2 Å². The molecule has 1 aromatic heterocycles. The van der Waals surface area contributed by atoms with Gasteiger partial charge in [0.1, 0.15) is 0 Å². The second kappa shape index (κ2) is 4.98. The number of carbonyl (C=O) groups is 1. The quantitative estimate of drug-likeness (QED) is 0.497. The third-order valence-electron chi connectivity index (χ3n) is 1.97. The van der Waals surface area contributed by atoms with E-state index in [2.05, 4.69) is 4.98 Å². The lowest BCUT2D eigenvalue weighted by Gasteiger charge is -2.16. The molecule has 0 bridgehead atoms. The Hall–Kier alpha value is -1.56. The Morgan fingerprint density at radius 3 is 2.75 bits per heavy atom. The summed E-state index contributed by atoms with van der Waals surface area (Å²) in [6.45, 7) is 2.15. The van der Waals surface area contributed by atoms with Gasteiger partial charge in [-0.2, -0.15) is 0 Å². The maximum atomic E-state index is 11.7. The summed E-state index contributed by atoms with van der Waals surface area (Å²) < 4.78 is 0. The molecule has 0 aliphatic heterocycles. The van der Waals surface area contributed by atoms with Gasteiger partial charge < -0.3 is 15.0 Å². The van der Waals surface area contributed by atoms with Gasteiger partial charge in [-0.1, -0.05) is 0 Å². The predicted molar refractivity (Wildman–Crippen MR) is 59.7 cm³/mol. The van der Waals surface area contributed by atoms with Gasteiger partial charge in [0.25, 0.3) is 5.91 Å². The fourth-order valence-corrected chi connectivity index (χ4v) is 1.49. The van der Waals surface area contributed by atoms with E-state index >= 15 is 0 Å². The van der Waals surface area contributed by atoms with Crippen LogP contribution in [0.1, 0.15) is 17.4 Å². The Labute approximate surface area is 97.3 Å². The third kappa shape index (κ3) is 2.96. The Kier molecular flexibility index (Phi) is 3.89. The van der Waals surface area contributed by atoms with Crippen molar-refractivity contribution < 1.29 is 9.72 Å². The van der Waals surface area contributed by atoms with Crippen molar-refractivity contribution in [1.29, 1.82) is 0 Å². The molecule has 0 fully saturated rings. The normalized spacial score (nSPS) is 12.2.